The molecule has 2 amide bonds. The van der Waals surface area contributed by atoms with E-state index in [1.165, 1.54) is 0 Å². The third-order valence-corrected chi connectivity index (χ3v) is 6.87. The van der Waals surface area contributed by atoms with Gasteiger partial charge in [-0.25, -0.2) is 0 Å². The lowest BCUT2D eigenvalue weighted by atomic mass is 9.62. The van der Waals surface area contributed by atoms with Crippen molar-refractivity contribution in [2.75, 3.05) is 13.1 Å². The first-order valence-corrected chi connectivity index (χ1v) is 10.6. The van der Waals surface area contributed by atoms with Gasteiger partial charge in [-0.05, 0) is 36.1 Å². The maximum absolute atomic E-state index is 13.1. The minimum Gasteiger partial charge on any atom is -0.361 e. The molecule has 1 aliphatic carbocycles. The van der Waals surface area contributed by atoms with Crippen LogP contribution in [-0.2, 0) is 22.6 Å². The summed E-state index contributed by atoms with van der Waals surface area (Å²) in [5.41, 5.74) is 3.00. The van der Waals surface area contributed by atoms with Crippen LogP contribution in [0.5, 0.6) is 0 Å². The van der Waals surface area contributed by atoms with Gasteiger partial charge in [-0.15, -0.1) is 0 Å². The molecule has 2 aliphatic rings. The molecule has 1 aromatic carbocycles. The molecule has 0 radical (unpaired) electrons. The van der Waals surface area contributed by atoms with Crippen molar-refractivity contribution < 1.29 is 9.59 Å². The van der Waals surface area contributed by atoms with Gasteiger partial charge < -0.3 is 15.2 Å². The van der Waals surface area contributed by atoms with E-state index in [0.717, 1.165) is 41.3 Å². The quantitative estimate of drug-likeness (QED) is 0.689. The molecule has 1 saturated carbocycles. The van der Waals surface area contributed by atoms with Crippen molar-refractivity contribution in [2.45, 2.75) is 32.2 Å². The van der Waals surface area contributed by atoms with Crippen molar-refractivity contribution in [3.05, 3.63) is 66.1 Å². The number of carbonyl (C=O) groups is 2. The van der Waals surface area contributed by atoms with Crippen LogP contribution in [-0.4, -0.2) is 39.8 Å². The maximum Gasteiger partial charge on any atom is 0.227 e. The van der Waals surface area contributed by atoms with Gasteiger partial charge in [0.15, 0.2) is 0 Å². The number of hydrogen-bond acceptors (Lipinski definition) is 3. The molecular weight excluding hydrogens is 376 g/mol. The Morgan fingerprint density at radius 1 is 1.20 bits per heavy atom. The second kappa shape index (κ2) is 7.59. The van der Waals surface area contributed by atoms with Gasteiger partial charge in [0, 0.05) is 54.5 Å². The van der Waals surface area contributed by atoms with Crippen LogP contribution < -0.4 is 5.32 Å². The summed E-state index contributed by atoms with van der Waals surface area (Å²) in [4.78, 5) is 35.4. The van der Waals surface area contributed by atoms with E-state index in [1.807, 2.05) is 47.5 Å². The molecule has 1 spiro atoms. The first-order valence-electron chi connectivity index (χ1n) is 10.6. The third kappa shape index (κ3) is 3.36. The second-order valence-electron chi connectivity index (χ2n) is 8.66. The number of H-pyrrole nitrogens is 1. The predicted octanol–water partition coefficient (Wildman–Crippen LogP) is 3.05. The Bertz CT molecular complexity index is 1070. The number of fused-ring (bicyclic) bond motifs is 1. The summed E-state index contributed by atoms with van der Waals surface area (Å²) in [6.07, 6.45) is 8.97. The van der Waals surface area contributed by atoms with Crippen molar-refractivity contribution in [1.29, 1.82) is 0 Å². The highest BCUT2D eigenvalue weighted by Gasteiger charge is 2.54. The van der Waals surface area contributed by atoms with Crippen LogP contribution in [0.15, 0.2) is 55.0 Å². The van der Waals surface area contributed by atoms with Crippen molar-refractivity contribution in [2.24, 2.45) is 11.3 Å². The van der Waals surface area contributed by atoms with E-state index in [-0.39, 0.29) is 23.1 Å². The zero-order valence-corrected chi connectivity index (χ0v) is 16.9. The van der Waals surface area contributed by atoms with Gasteiger partial charge in [-0.1, -0.05) is 30.7 Å². The van der Waals surface area contributed by atoms with Crippen molar-refractivity contribution in [3.63, 3.8) is 0 Å². The number of para-hydroxylation sites is 1. The van der Waals surface area contributed by atoms with Gasteiger partial charge in [0.2, 0.25) is 11.8 Å². The van der Waals surface area contributed by atoms with E-state index in [0.29, 0.717) is 26.1 Å². The van der Waals surface area contributed by atoms with Gasteiger partial charge in [0.1, 0.15) is 0 Å². The van der Waals surface area contributed by atoms with E-state index in [9.17, 15) is 9.59 Å². The monoisotopic (exact) mass is 402 g/mol. The summed E-state index contributed by atoms with van der Waals surface area (Å²) in [5.74, 6) is 0.0318. The van der Waals surface area contributed by atoms with Crippen LogP contribution in [0, 0.1) is 11.3 Å². The molecule has 5 rings (SSSR count). The Kier molecular flexibility index (Phi) is 4.77. The molecule has 2 aromatic heterocycles. The Balaban J connectivity index is 1.27. The van der Waals surface area contributed by atoms with Gasteiger partial charge >= 0.3 is 0 Å². The van der Waals surface area contributed by atoms with Crippen LogP contribution in [0.2, 0.25) is 0 Å². The Hall–Kier alpha value is -3.15. The summed E-state index contributed by atoms with van der Waals surface area (Å²) in [7, 11) is 0. The molecule has 3 heterocycles. The lowest BCUT2D eigenvalue weighted by Crippen LogP contribution is -2.45. The number of benzene rings is 1. The standard InChI is InChI=1S/C24H26N4O2/c29-22(11-18-14-26-21-7-2-1-6-19(18)21)28-15-20(24(16-28)8-4-9-24)23(30)27-13-17-5-3-10-25-12-17/h1-3,5-7,10,12,14,20,26H,4,8-9,11,13,15-16H2,(H,27,30). The molecule has 3 aromatic rings. The van der Waals surface area contributed by atoms with Gasteiger partial charge in [0.05, 0.1) is 12.3 Å². The zero-order chi connectivity index (χ0) is 20.6. The fraction of sp³-hybridized carbons (Fsp3) is 0.375. The van der Waals surface area contributed by atoms with E-state index >= 15 is 0 Å². The zero-order valence-electron chi connectivity index (χ0n) is 16.9. The van der Waals surface area contributed by atoms with Gasteiger partial charge in [0.25, 0.3) is 0 Å². The number of likely N-dealkylation sites (tertiary alicyclic amines) is 1. The number of rotatable bonds is 5. The summed E-state index contributed by atoms with van der Waals surface area (Å²) < 4.78 is 0. The van der Waals surface area contributed by atoms with Crippen LogP contribution in [0.3, 0.4) is 0 Å². The number of pyridine rings is 1. The van der Waals surface area contributed by atoms with E-state index in [2.05, 4.69) is 15.3 Å². The van der Waals surface area contributed by atoms with E-state index < -0.39 is 0 Å². The number of aromatic amines is 1. The number of hydrogen-bond donors (Lipinski definition) is 2. The molecule has 6 nitrogen and oxygen atoms in total. The number of nitrogens with zero attached hydrogens (tertiary/aromatic N) is 2. The number of amides is 2. The fourth-order valence-corrected chi connectivity index (χ4v) is 5.03. The highest BCUT2D eigenvalue weighted by Crippen LogP contribution is 2.51. The fourth-order valence-electron chi connectivity index (χ4n) is 5.03. The normalized spacial score (nSPS) is 19.7. The summed E-state index contributed by atoms with van der Waals surface area (Å²) in [6.45, 7) is 1.68. The number of aromatic nitrogens is 2. The maximum atomic E-state index is 13.1. The highest BCUT2D eigenvalue weighted by atomic mass is 16.2. The highest BCUT2D eigenvalue weighted by molar-refractivity contribution is 5.89. The average Bonchev–Trinajstić information content (AvgIpc) is 3.35. The third-order valence-electron chi connectivity index (χ3n) is 6.87. The lowest BCUT2D eigenvalue weighted by Gasteiger charge is -2.41. The van der Waals surface area contributed by atoms with Crippen LogP contribution >= 0.6 is 0 Å². The molecule has 2 fully saturated rings. The topological polar surface area (TPSA) is 78.1 Å². The SMILES string of the molecule is O=C(NCc1cccnc1)C1CN(C(=O)Cc2c[nH]c3ccccc23)CC12CCC2. The average molecular weight is 402 g/mol. The molecule has 154 valence electrons. The molecule has 1 aliphatic heterocycles. The molecule has 1 atom stereocenters. The number of carbonyl (C=O) groups excluding carboxylic acids is 2. The summed E-state index contributed by atoms with van der Waals surface area (Å²) in [5, 5.41) is 4.16. The summed E-state index contributed by atoms with van der Waals surface area (Å²) >= 11 is 0. The number of nitrogens with one attached hydrogen (secondary N) is 2. The molecule has 1 unspecified atom stereocenters. The van der Waals surface area contributed by atoms with Crippen molar-refractivity contribution >= 4 is 22.7 Å². The first-order chi connectivity index (χ1) is 14.6. The molecule has 30 heavy (non-hydrogen) atoms. The van der Waals surface area contributed by atoms with E-state index in [1.54, 1.807) is 12.4 Å². The van der Waals surface area contributed by atoms with Crippen LogP contribution in [0.25, 0.3) is 10.9 Å². The molecule has 6 heteroatoms. The predicted molar refractivity (Wildman–Crippen MR) is 114 cm³/mol. The molecule has 1 saturated heterocycles. The van der Waals surface area contributed by atoms with Crippen molar-refractivity contribution in [1.82, 2.24) is 20.2 Å². The molecule has 2 N–H and O–H groups in total. The smallest absolute Gasteiger partial charge is 0.227 e. The van der Waals surface area contributed by atoms with Crippen LogP contribution in [0.1, 0.15) is 30.4 Å². The second-order valence-corrected chi connectivity index (χ2v) is 8.66. The Morgan fingerprint density at radius 2 is 2.07 bits per heavy atom. The summed E-state index contributed by atoms with van der Waals surface area (Å²) in [6, 6.07) is 11.9. The van der Waals surface area contributed by atoms with Gasteiger partial charge in [-0.2, -0.15) is 0 Å². The Labute approximate surface area is 175 Å². The largest absolute Gasteiger partial charge is 0.361 e. The molecule has 0 bridgehead atoms. The van der Waals surface area contributed by atoms with Crippen molar-refractivity contribution in [3.8, 4) is 0 Å². The Morgan fingerprint density at radius 3 is 2.83 bits per heavy atom. The van der Waals surface area contributed by atoms with Crippen LogP contribution in [0.4, 0.5) is 0 Å². The molecular formula is C24H26N4O2. The minimum absolute atomic E-state index is 0.0467. The van der Waals surface area contributed by atoms with Gasteiger partial charge in [-0.3, -0.25) is 14.6 Å². The van der Waals surface area contributed by atoms with E-state index in [4.69, 9.17) is 0 Å². The lowest BCUT2D eigenvalue weighted by molar-refractivity contribution is -0.130. The first kappa shape index (κ1) is 18.9. The minimum atomic E-state index is -0.130.